The number of benzene rings is 1. The first kappa shape index (κ1) is 12.7. The first-order valence-corrected chi connectivity index (χ1v) is 5.88. The standard InChI is InChI=1S/C10H5ClF3IN2/c11-4-1-2-5(15)8-6(16)3-7(10(12,13)14)17-9(4)8/h1-3H,(H2,16,17). The van der Waals surface area contributed by atoms with Gasteiger partial charge in [-0.2, -0.15) is 13.2 Å². The SMILES string of the molecule is Nc1cc(C(F)(F)F)nc2c(Cl)ccc(I)c12. The van der Waals surface area contributed by atoms with E-state index in [1.54, 1.807) is 6.07 Å². The zero-order valence-corrected chi connectivity index (χ0v) is 11.1. The first-order valence-electron chi connectivity index (χ1n) is 4.42. The molecule has 17 heavy (non-hydrogen) atoms. The molecule has 2 N–H and O–H groups in total. The molecule has 1 aromatic heterocycles. The molecular weight excluding hydrogens is 367 g/mol. The van der Waals surface area contributed by atoms with Crippen LogP contribution in [0.1, 0.15) is 5.69 Å². The predicted octanol–water partition coefficient (Wildman–Crippen LogP) is 4.09. The topological polar surface area (TPSA) is 38.9 Å². The van der Waals surface area contributed by atoms with Crippen LogP contribution in [-0.2, 0) is 6.18 Å². The molecule has 0 saturated carbocycles. The normalized spacial score (nSPS) is 12.1. The Kier molecular flexibility index (Phi) is 3.11. The second-order valence-corrected chi connectivity index (χ2v) is 4.92. The van der Waals surface area contributed by atoms with Crippen molar-refractivity contribution in [1.29, 1.82) is 0 Å². The van der Waals surface area contributed by atoms with Gasteiger partial charge < -0.3 is 5.73 Å². The molecule has 2 rings (SSSR count). The number of hydrogen-bond donors (Lipinski definition) is 1. The van der Waals surface area contributed by atoms with Crippen molar-refractivity contribution in [2.45, 2.75) is 6.18 Å². The number of pyridine rings is 1. The predicted molar refractivity (Wildman–Crippen MR) is 68.9 cm³/mol. The van der Waals surface area contributed by atoms with Crippen LogP contribution in [0.15, 0.2) is 18.2 Å². The summed E-state index contributed by atoms with van der Waals surface area (Å²) in [7, 11) is 0. The van der Waals surface area contributed by atoms with Gasteiger partial charge in [-0.05, 0) is 40.8 Å². The molecule has 0 spiro atoms. The van der Waals surface area contributed by atoms with E-state index in [1.807, 2.05) is 22.6 Å². The molecule has 0 aliphatic carbocycles. The van der Waals surface area contributed by atoms with E-state index in [0.29, 0.717) is 8.96 Å². The van der Waals surface area contributed by atoms with Crippen molar-refractivity contribution in [2.75, 3.05) is 5.73 Å². The number of halogens is 5. The van der Waals surface area contributed by atoms with Crippen molar-refractivity contribution >= 4 is 50.8 Å². The number of fused-ring (bicyclic) bond motifs is 1. The summed E-state index contributed by atoms with van der Waals surface area (Å²) in [5.41, 5.74) is 4.68. The zero-order chi connectivity index (χ0) is 12.8. The molecule has 0 fully saturated rings. The van der Waals surface area contributed by atoms with E-state index < -0.39 is 11.9 Å². The maximum absolute atomic E-state index is 12.6. The minimum Gasteiger partial charge on any atom is -0.398 e. The number of rotatable bonds is 0. The summed E-state index contributed by atoms with van der Waals surface area (Å²) in [5, 5.41) is 0.601. The lowest BCUT2D eigenvalue weighted by molar-refractivity contribution is -0.140. The second-order valence-electron chi connectivity index (χ2n) is 3.35. The fraction of sp³-hybridized carbons (Fsp3) is 0.100. The maximum Gasteiger partial charge on any atom is 0.433 e. The van der Waals surface area contributed by atoms with E-state index in [2.05, 4.69) is 4.98 Å². The number of anilines is 1. The maximum atomic E-state index is 12.6. The van der Waals surface area contributed by atoms with Gasteiger partial charge in [-0.3, -0.25) is 0 Å². The molecule has 0 radical (unpaired) electrons. The molecule has 0 aliphatic heterocycles. The van der Waals surface area contributed by atoms with Crippen LogP contribution < -0.4 is 5.73 Å². The smallest absolute Gasteiger partial charge is 0.398 e. The van der Waals surface area contributed by atoms with Crippen molar-refractivity contribution in [3.63, 3.8) is 0 Å². The Morgan fingerprint density at radius 1 is 1.29 bits per heavy atom. The number of aromatic nitrogens is 1. The summed E-state index contributed by atoms with van der Waals surface area (Å²) in [6.45, 7) is 0. The summed E-state index contributed by atoms with van der Waals surface area (Å²) in [6.07, 6.45) is -4.53. The Morgan fingerprint density at radius 2 is 1.94 bits per heavy atom. The molecule has 0 bridgehead atoms. The quantitative estimate of drug-likeness (QED) is 0.708. The van der Waals surface area contributed by atoms with Gasteiger partial charge in [0.2, 0.25) is 0 Å². The summed E-state index contributed by atoms with van der Waals surface area (Å²) >= 11 is 7.81. The molecule has 0 aliphatic rings. The molecule has 0 amide bonds. The molecular formula is C10H5ClF3IN2. The zero-order valence-electron chi connectivity index (χ0n) is 8.15. The highest BCUT2D eigenvalue weighted by molar-refractivity contribution is 14.1. The summed E-state index contributed by atoms with van der Waals surface area (Å²) in [4.78, 5) is 3.53. The van der Waals surface area contributed by atoms with E-state index in [0.717, 1.165) is 6.07 Å². The van der Waals surface area contributed by atoms with E-state index in [-0.39, 0.29) is 16.2 Å². The molecule has 90 valence electrons. The first-order chi connectivity index (χ1) is 7.80. The minimum absolute atomic E-state index is 0.0224. The number of nitrogens with zero attached hydrogens (tertiary/aromatic N) is 1. The van der Waals surface area contributed by atoms with Crippen LogP contribution in [0.2, 0.25) is 5.02 Å². The minimum atomic E-state index is -4.53. The third-order valence-electron chi connectivity index (χ3n) is 2.18. The molecule has 2 aromatic rings. The largest absolute Gasteiger partial charge is 0.433 e. The Balaban J connectivity index is 2.87. The number of nitrogens with two attached hydrogens (primary N) is 1. The van der Waals surface area contributed by atoms with Crippen molar-refractivity contribution in [1.82, 2.24) is 4.98 Å². The number of hydrogen-bond acceptors (Lipinski definition) is 2. The Morgan fingerprint density at radius 3 is 2.53 bits per heavy atom. The Labute approximate surface area is 113 Å². The number of nitrogen functional groups attached to an aromatic ring is 1. The van der Waals surface area contributed by atoms with Gasteiger partial charge in [0.1, 0.15) is 5.69 Å². The lowest BCUT2D eigenvalue weighted by Crippen LogP contribution is -2.09. The van der Waals surface area contributed by atoms with Crippen LogP contribution >= 0.6 is 34.2 Å². The van der Waals surface area contributed by atoms with E-state index in [1.165, 1.54) is 6.07 Å². The molecule has 2 nitrogen and oxygen atoms in total. The van der Waals surface area contributed by atoms with Crippen molar-refractivity contribution in [3.8, 4) is 0 Å². The van der Waals surface area contributed by atoms with Crippen LogP contribution in [0, 0.1) is 3.57 Å². The molecule has 0 atom stereocenters. The van der Waals surface area contributed by atoms with Gasteiger partial charge in [-0.25, -0.2) is 4.98 Å². The molecule has 0 saturated heterocycles. The third-order valence-corrected chi connectivity index (χ3v) is 3.39. The lowest BCUT2D eigenvalue weighted by atomic mass is 10.1. The number of alkyl halides is 3. The van der Waals surface area contributed by atoms with Crippen molar-refractivity contribution < 1.29 is 13.2 Å². The monoisotopic (exact) mass is 372 g/mol. The average Bonchev–Trinajstić information content (AvgIpc) is 2.21. The highest BCUT2D eigenvalue weighted by atomic mass is 127. The van der Waals surface area contributed by atoms with Gasteiger partial charge in [0.15, 0.2) is 0 Å². The lowest BCUT2D eigenvalue weighted by Gasteiger charge is -2.11. The van der Waals surface area contributed by atoms with E-state index in [4.69, 9.17) is 17.3 Å². The summed E-state index contributed by atoms with van der Waals surface area (Å²) in [6, 6.07) is 4.00. The van der Waals surface area contributed by atoms with Crippen molar-refractivity contribution in [3.05, 3.63) is 32.5 Å². The molecule has 1 aromatic carbocycles. The van der Waals surface area contributed by atoms with E-state index in [9.17, 15) is 13.2 Å². The van der Waals surface area contributed by atoms with Crippen LogP contribution in [0.25, 0.3) is 10.9 Å². The van der Waals surface area contributed by atoms with Gasteiger partial charge in [0.25, 0.3) is 0 Å². The third kappa shape index (κ3) is 2.28. The fourth-order valence-corrected chi connectivity index (χ4v) is 2.39. The van der Waals surface area contributed by atoms with Crippen LogP contribution in [0.5, 0.6) is 0 Å². The van der Waals surface area contributed by atoms with Gasteiger partial charge >= 0.3 is 6.18 Å². The van der Waals surface area contributed by atoms with Gasteiger partial charge in [0, 0.05) is 14.6 Å². The molecule has 0 unspecified atom stereocenters. The van der Waals surface area contributed by atoms with Crippen LogP contribution in [0.4, 0.5) is 18.9 Å². The Bertz CT molecular complexity index is 598. The van der Waals surface area contributed by atoms with Crippen LogP contribution in [-0.4, -0.2) is 4.98 Å². The fourth-order valence-electron chi connectivity index (χ4n) is 1.44. The second kappa shape index (κ2) is 4.16. The molecule has 1 heterocycles. The highest BCUT2D eigenvalue weighted by Crippen LogP contribution is 2.35. The Hall–Kier alpha value is -0.760. The average molecular weight is 373 g/mol. The van der Waals surface area contributed by atoms with Crippen LogP contribution in [0.3, 0.4) is 0 Å². The summed E-state index contributed by atoms with van der Waals surface area (Å²) in [5.74, 6) is 0. The van der Waals surface area contributed by atoms with Gasteiger partial charge in [-0.1, -0.05) is 11.6 Å². The van der Waals surface area contributed by atoms with E-state index >= 15 is 0 Å². The van der Waals surface area contributed by atoms with Gasteiger partial charge in [-0.15, -0.1) is 0 Å². The molecule has 7 heteroatoms. The highest BCUT2D eigenvalue weighted by Gasteiger charge is 2.33. The van der Waals surface area contributed by atoms with Crippen molar-refractivity contribution in [2.24, 2.45) is 0 Å². The van der Waals surface area contributed by atoms with Gasteiger partial charge in [0.05, 0.1) is 10.5 Å². The summed E-state index contributed by atoms with van der Waals surface area (Å²) < 4.78 is 38.4.